The van der Waals surface area contributed by atoms with Crippen molar-refractivity contribution in [2.24, 2.45) is 0 Å². The zero-order valence-electron chi connectivity index (χ0n) is 20.6. The van der Waals surface area contributed by atoms with Crippen molar-refractivity contribution < 1.29 is 19.4 Å². The Hall–Kier alpha value is -3.24. The van der Waals surface area contributed by atoms with Gasteiger partial charge in [-0.1, -0.05) is 48.6 Å². The van der Waals surface area contributed by atoms with Crippen molar-refractivity contribution in [3.8, 4) is 5.75 Å². The number of rotatable bonds is 6. The van der Waals surface area contributed by atoms with Gasteiger partial charge in [0, 0.05) is 9.13 Å². The van der Waals surface area contributed by atoms with E-state index in [-0.39, 0.29) is 11.3 Å². The molecule has 4 aromatic rings. The Balaban J connectivity index is 1.69. The summed E-state index contributed by atoms with van der Waals surface area (Å²) in [5, 5.41) is 11.9. The van der Waals surface area contributed by atoms with E-state index < -0.39 is 17.7 Å². The maximum atomic E-state index is 13.5. The molecule has 1 saturated heterocycles. The van der Waals surface area contributed by atoms with Crippen LogP contribution in [0.25, 0.3) is 16.0 Å². The molecule has 188 valence electrons. The summed E-state index contributed by atoms with van der Waals surface area (Å²) in [6.07, 6.45) is 0.843. The monoisotopic (exact) mass is 624 g/mol. The number of halogens is 1. The van der Waals surface area contributed by atoms with Crippen LogP contribution in [0.5, 0.6) is 5.75 Å². The van der Waals surface area contributed by atoms with Gasteiger partial charge in [-0.15, -0.1) is 0 Å². The molecule has 0 aliphatic carbocycles. The Kier molecular flexibility index (Phi) is 7.04. The second-order valence-electron chi connectivity index (χ2n) is 9.02. The number of fused-ring (bicyclic) bond motifs is 1. The Morgan fingerprint density at radius 2 is 1.86 bits per heavy atom. The van der Waals surface area contributed by atoms with E-state index in [9.17, 15) is 14.7 Å². The highest BCUT2D eigenvalue weighted by molar-refractivity contribution is 14.1. The highest BCUT2D eigenvalue weighted by Gasteiger charge is 2.48. The number of aliphatic hydroxyl groups excluding tert-OH is 1. The minimum absolute atomic E-state index is 0.0333. The first-order chi connectivity index (χ1) is 17.8. The quantitative estimate of drug-likeness (QED) is 0.109. The number of thiazole rings is 1. The van der Waals surface area contributed by atoms with Crippen LogP contribution >= 0.6 is 33.9 Å². The number of hydrogen-bond acceptors (Lipinski definition) is 6. The molecule has 1 aromatic heterocycles. The third-order valence-corrected chi connectivity index (χ3v) is 7.96. The van der Waals surface area contributed by atoms with Gasteiger partial charge in [0.2, 0.25) is 0 Å². The molecule has 0 spiro atoms. The molecule has 1 unspecified atom stereocenters. The van der Waals surface area contributed by atoms with Gasteiger partial charge in [0.05, 0.1) is 28.4 Å². The van der Waals surface area contributed by atoms with Crippen molar-refractivity contribution in [3.63, 3.8) is 0 Å². The minimum atomic E-state index is -0.820. The number of aryl methyl sites for hydroxylation is 2. The van der Waals surface area contributed by atoms with Crippen molar-refractivity contribution in [2.75, 3.05) is 11.5 Å². The minimum Gasteiger partial charge on any atom is -0.507 e. The molecule has 3 aromatic carbocycles. The first-order valence-electron chi connectivity index (χ1n) is 12.0. The lowest BCUT2D eigenvalue weighted by Gasteiger charge is -2.23. The van der Waals surface area contributed by atoms with Crippen molar-refractivity contribution in [3.05, 3.63) is 92.1 Å². The van der Waals surface area contributed by atoms with Gasteiger partial charge in [-0.05, 0) is 89.9 Å². The predicted octanol–water partition coefficient (Wildman–Crippen LogP) is 6.93. The highest BCUT2D eigenvalue weighted by atomic mass is 127. The molecule has 8 heteroatoms. The number of amides is 1. The number of nitrogens with zero attached hydrogens (tertiary/aromatic N) is 2. The molecule has 1 amide bonds. The normalized spacial score (nSPS) is 17.1. The van der Waals surface area contributed by atoms with Gasteiger partial charge < -0.3 is 9.84 Å². The van der Waals surface area contributed by atoms with Crippen LogP contribution in [0.4, 0.5) is 5.13 Å². The summed E-state index contributed by atoms with van der Waals surface area (Å²) >= 11 is 3.58. The van der Waals surface area contributed by atoms with E-state index in [1.165, 1.54) is 16.2 Å². The van der Waals surface area contributed by atoms with E-state index in [4.69, 9.17) is 9.72 Å². The maximum Gasteiger partial charge on any atom is 0.301 e. The third-order valence-electron chi connectivity index (χ3n) is 6.24. The van der Waals surface area contributed by atoms with E-state index in [0.29, 0.717) is 28.6 Å². The lowest BCUT2D eigenvalue weighted by Crippen LogP contribution is -2.29. The Labute approximate surface area is 232 Å². The first kappa shape index (κ1) is 25.4. The van der Waals surface area contributed by atoms with E-state index in [1.807, 2.05) is 57.2 Å². The lowest BCUT2D eigenvalue weighted by molar-refractivity contribution is -0.132. The van der Waals surface area contributed by atoms with Crippen molar-refractivity contribution in [2.45, 2.75) is 33.2 Å². The van der Waals surface area contributed by atoms with Gasteiger partial charge in [0.1, 0.15) is 11.5 Å². The van der Waals surface area contributed by atoms with Crippen LogP contribution in [-0.4, -0.2) is 28.4 Å². The lowest BCUT2D eigenvalue weighted by atomic mass is 9.95. The van der Waals surface area contributed by atoms with Crippen molar-refractivity contribution >= 4 is 66.7 Å². The molecule has 0 bridgehead atoms. The van der Waals surface area contributed by atoms with E-state index >= 15 is 0 Å². The third kappa shape index (κ3) is 4.75. The van der Waals surface area contributed by atoms with Crippen molar-refractivity contribution in [1.29, 1.82) is 0 Å². The van der Waals surface area contributed by atoms with Crippen LogP contribution < -0.4 is 9.64 Å². The Morgan fingerprint density at radius 1 is 1.11 bits per heavy atom. The molecule has 1 aliphatic heterocycles. The van der Waals surface area contributed by atoms with Crippen LogP contribution in [-0.2, 0) is 9.59 Å². The summed E-state index contributed by atoms with van der Waals surface area (Å²) in [6, 6.07) is 17.8. The second kappa shape index (κ2) is 10.3. The number of anilines is 1. The molecule has 6 nitrogen and oxygen atoms in total. The van der Waals surface area contributed by atoms with Crippen LogP contribution in [0.15, 0.2) is 66.2 Å². The number of Topliss-reactive ketones (excluding diaryl/α,β-unsaturated/α-hetero) is 1. The smallest absolute Gasteiger partial charge is 0.301 e. The SMILES string of the molecule is CCCOc1cccc(C(O)=C2C(=O)C(=O)N(c3nc4c(C)cc(C)cc4s3)C2c2ccc(I)cc2)c1. The summed E-state index contributed by atoms with van der Waals surface area (Å²) < 4.78 is 7.68. The molecule has 37 heavy (non-hydrogen) atoms. The molecule has 5 rings (SSSR count). The fraction of sp³-hybridized carbons (Fsp3) is 0.207. The highest BCUT2D eigenvalue weighted by Crippen LogP contribution is 2.45. The van der Waals surface area contributed by atoms with Gasteiger partial charge in [-0.2, -0.15) is 0 Å². The maximum absolute atomic E-state index is 13.5. The summed E-state index contributed by atoms with van der Waals surface area (Å²) in [5.74, 6) is -1.10. The van der Waals surface area contributed by atoms with Crippen LogP contribution in [0.3, 0.4) is 0 Å². The van der Waals surface area contributed by atoms with E-state index in [2.05, 4.69) is 22.6 Å². The number of aromatic nitrogens is 1. The summed E-state index contributed by atoms with van der Waals surface area (Å²) in [5.41, 5.74) is 4.07. The van der Waals surface area contributed by atoms with Crippen molar-refractivity contribution in [1.82, 2.24) is 4.98 Å². The number of carbonyl (C=O) groups excluding carboxylic acids is 2. The molecule has 1 atom stereocenters. The number of carbonyl (C=O) groups is 2. The second-order valence-corrected chi connectivity index (χ2v) is 11.3. The average Bonchev–Trinajstić information content (AvgIpc) is 3.41. The number of ketones is 1. The van der Waals surface area contributed by atoms with Crippen LogP contribution in [0.1, 0.15) is 41.6 Å². The molecule has 0 radical (unpaired) electrons. The molecular formula is C29H25IN2O4S. The van der Waals surface area contributed by atoms with Crippen LogP contribution in [0.2, 0.25) is 0 Å². The molecule has 1 fully saturated rings. The Morgan fingerprint density at radius 3 is 2.59 bits per heavy atom. The largest absolute Gasteiger partial charge is 0.507 e. The fourth-order valence-corrected chi connectivity index (χ4v) is 6.09. The van der Waals surface area contributed by atoms with E-state index in [1.54, 1.807) is 24.3 Å². The number of ether oxygens (including phenoxy) is 1. The summed E-state index contributed by atoms with van der Waals surface area (Å²) in [7, 11) is 0. The summed E-state index contributed by atoms with van der Waals surface area (Å²) in [6.45, 7) is 6.55. The average molecular weight is 625 g/mol. The zero-order valence-corrected chi connectivity index (χ0v) is 23.6. The fourth-order valence-electron chi connectivity index (χ4n) is 4.56. The molecule has 1 aliphatic rings. The number of hydrogen-bond donors (Lipinski definition) is 1. The van der Waals surface area contributed by atoms with E-state index in [0.717, 1.165) is 31.3 Å². The van der Waals surface area contributed by atoms with Gasteiger partial charge >= 0.3 is 5.91 Å². The zero-order chi connectivity index (χ0) is 26.3. The summed E-state index contributed by atoms with van der Waals surface area (Å²) in [4.78, 5) is 33.2. The predicted molar refractivity (Wildman–Crippen MR) is 155 cm³/mol. The topological polar surface area (TPSA) is 79.7 Å². The number of benzene rings is 3. The molecule has 1 N–H and O–H groups in total. The number of aliphatic hydroxyl groups is 1. The first-order valence-corrected chi connectivity index (χ1v) is 13.9. The van der Waals surface area contributed by atoms with Gasteiger partial charge in [0.15, 0.2) is 5.13 Å². The molecule has 0 saturated carbocycles. The molecular weight excluding hydrogens is 599 g/mol. The standard InChI is InChI=1S/C29H25IN2O4S/c1-4-12-36-21-7-5-6-19(15-21)26(33)23-25(18-8-10-20(30)11-9-18)32(28(35)27(23)34)29-31-24-17(3)13-16(2)14-22(24)37-29/h5-11,13-15,25,33H,4,12H2,1-3H3. The van der Waals surface area contributed by atoms with Gasteiger partial charge in [-0.3, -0.25) is 14.5 Å². The van der Waals surface area contributed by atoms with Gasteiger partial charge in [-0.25, -0.2) is 4.98 Å². The molecule has 2 heterocycles. The van der Waals surface area contributed by atoms with Gasteiger partial charge in [0.25, 0.3) is 5.78 Å². The Bertz CT molecular complexity index is 1560. The van der Waals surface area contributed by atoms with Crippen LogP contribution in [0, 0.1) is 17.4 Å².